The van der Waals surface area contributed by atoms with Gasteiger partial charge in [-0.1, -0.05) is 5.16 Å². The van der Waals surface area contributed by atoms with Crippen molar-refractivity contribution in [1.82, 2.24) is 20.1 Å². The topological polar surface area (TPSA) is 88.8 Å². The number of nitrogens with zero attached hydrogens (tertiary/aromatic N) is 4. The van der Waals surface area contributed by atoms with E-state index in [1.807, 2.05) is 0 Å². The van der Waals surface area contributed by atoms with Crippen LogP contribution in [0.2, 0.25) is 0 Å². The van der Waals surface area contributed by atoms with Crippen LogP contribution in [0.5, 0.6) is 0 Å². The lowest BCUT2D eigenvalue weighted by molar-refractivity contribution is -0.144. The van der Waals surface area contributed by atoms with E-state index in [-0.39, 0.29) is 11.6 Å². The van der Waals surface area contributed by atoms with Gasteiger partial charge in [-0.3, -0.25) is 0 Å². The van der Waals surface area contributed by atoms with Gasteiger partial charge in [0.2, 0.25) is 12.2 Å². The number of halogens is 3. The summed E-state index contributed by atoms with van der Waals surface area (Å²) in [7, 11) is 0. The van der Waals surface area contributed by atoms with E-state index in [4.69, 9.17) is 0 Å². The lowest BCUT2D eigenvalue weighted by Crippen LogP contribution is -2.16. The van der Waals surface area contributed by atoms with Gasteiger partial charge in [-0.05, 0) is 6.92 Å². The second kappa shape index (κ2) is 6.37. The van der Waals surface area contributed by atoms with Gasteiger partial charge >= 0.3 is 6.18 Å². The van der Waals surface area contributed by atoms with Gasteiger partial charge in [0, 0.05) is 25.6 Å². The van der Waals surface area contributed by atoms with Gasteiger partial charge in [-0.15, -0.1) is 0 Å². The largest absolute Gasteiger partial charge is 0.451 e. The van der Waals surface area contributed by atoms with E-state index in [1.54, 1.807) is 6.92 Å². The molecule has 0 spiro atoms. The molecule has 2 aromatic heterocycles. The van der Waals surface area contributed by atoms with Crippen molar-refractivity contribution in [3.05, 3.63) is 24.1 Å². The first-order valence-corrected chi connectivity index (χ1v) is 6.18. The first-order chi connectivity index (χ1) is 9.99. The van der Waals surface area contributed by atoms with Crippen LogP contribution in [0.15, 0.2) is 17.0 Å². The fourth-order valence-corrected chi connectivity index (χ4v) is 1.54. The minimum absolute atomic E-state index is 0.0803. The Morgan fingerprint density at radius 3 is 2.48 bits per heavy atom. The summed E-state index contributed by atoms with van der Waals surface area (Å²) in [5, 5.41) is 9.12. The van der Waals surface area contributed by atoms with E-state index in [1.165, 1.54) is 12.5 Å². The number of rotatable bonds is 6. The van der Waals surface area contributed by atoms with Crippen LogP contribution in [0.3, 0.4) is 0 Å². The summed E-state index contributed by atoms with van der Waals surface area (Å²) in [6.45, 7) is 2.54. The van der Waals surface area contributed by atoms with Gasteiger partial charge in [0.15, 0.2) is 5.82 Å². The molecule has 7 nitrogen and oxygen atoms in total. The highest BCUT2D eigenvalue weighted by Gasteiger charge is 2.35. The number of hydrogen-bond donors (Lipinski definition) is 2. The zero-order chi connectivity index (χ0) is 15.3. The zero-order valence-electron chi connectivity index (χ0n) is 11.1. The van der Waals surface area contributed by atoms with Gasteiger partial charge in [-0.2, -0.15) is 18.2 Å². The third-order valence-electron chi connectivity index (χ3n) is 2.40. The molecule has 0 aliphatic rings. The summed E-state index contributed by atoms with van der Waals surface area (Å²) in [5.74, 6) is -0.541. The number of anilines is 2. The Labute approximate surface area is 118 Å². The van der Waals surface area contributed by atoms with E-state index in [2.05, 4.69) is 35.3 Å². The average molecular weight is 302 g/mol. The number of alkyl halides is 3. The summed E-state index contributed by atoms with van der Waals surface area (Å²) < 4.78 is 42.7. The molecule has 2 heterocycles. The van der Waals surface area contributed by atoms with Crippen molar-refractivity contribution >= 4 is 11.6 Å². The van der Waals surface area contributed by atoms with Crippen LogP contribution in [0, 0.1) is 0 Å². The maximum absolute atomic E-state index is 12.7. The molecule has 0 fully saturated rings. The third kappa shape index (κ3) is 4.29. The molecule has 0 unspecified atom stereocenters. The van der Waals surface area contributed by atoms with Gasteiger partial charge in [0.05, 0.1) is 0 Å². The van der Waals surface area contributed by atoms with Crippen molar-refractivity contribution in [2.24, 2.45) is 0 Å². The fourth-order valence-electron chi connectivity index (χ4n) is 1.54. The van der Waals surface area contributed by atoms with Crippen molar-refractivity contribution in [2.75, 3.05) is 23.7 Å². The molecule has 114 valence electrons. The van der Waals surface area contributed by atoms with E-state index >= 15 is 0 Å². The normalized spacial score (nSPS) is 11.4. The lowest BCUT2D eigenvalue weighted by Gasteiger charge is -2.11. The Kier molecular flexibility index (Phi) is 4.55. The van der Waals surface area contributed by atoms with E-state index < -0.39 is 12.0 Å². The molecule has 2 N–H and O–H groups in total. The molecular weight excluding hydrogens is 289 g/mol. The molecule has 0 aromatic carbocycles. The van der Waals surface area contributed by atoms with Crippen LogP contribution in [0.1, 0.15) is 18.6 Å². The van der Waals surface area contributed by atoms with E-state index in [0.29, 0.717) is 25.3 Å². The van der Waals surface area contributed by atoms with E-state index in [0.717, 1.165) is 0 Å². The second-order valence-corrected chi connectivity index (χ2v) is 4.01. The average Bonchev–Trinajstić information content (AvgIpc) is 2.91. The van der Waals surface area contributed by atoms with Crippen LogP contribution < -0.4 is 10.6 Å². The fraction of sp³-hybridized carbons (Fsp3) is 0.455. The number of nitrogens with one attached hydrogen (secondary N) is 2. The molecule has 21 heavy (non-hydrogen) atoms. The standard InChI is InChI=1S/C11H13F3N6O/c1-2-15-8-5-9(19-10(18-8)11(12,13)14)16-4-3-7-17-6-21-20-7/h5-6H,2-4H2,1H3,(H2,15,16,18,19). The highest BCUT2D eigenvalue weighted by Crippen LogP contribution is 2.28. The molecule has 2 aromatic rings. The molecule has 0 amide bonds. The molecule has 2 rings (SSSR count). The SMILES string of the molecule is CCNc1cc(NCCc2ncon2)nc(C(F)(F)F)n1. The molecule has 0 bridgehead atoms. The number of hydrogen-bond acceptors (Lipinski definition) is 7. The summed E-state index contributed by atoms with van der Waals surface area (Å²) in [6, 6.07) is 1.41. The Hall–Kier alpha value is -2.39. The highest BCUT2D eigenvalue weighted by atomic mass is 19.4. The lowest BCUT2D eigenvalue weighted by atomic mass is 10.4. The minimum Gasteiger partial charge on any atom is -0.370 e. The Morgan fingerprint density at radius 1 is 1.19 bits per heavy atom. The summed E-state index contributed by atoms with van der Waals surface area (Å²) in [5.41, 5.74) is 0. The molecule has 0 atom stereocenters. The Balaban J connectivity index is 2.08. The predicted octanol–water partition coefficient (Wildman–Crippen LogP) is 1.96. The van der Waals surface area contributed by atoms with Gasteiger partial charge < -0.3 is 15.2 Å². The highest BCUT2D eigenvalue weighted by molar-refractivity contribution is 5.47. The summed E-state index contributed by atoms with van der Waals surface area (Å²) in [6.07, 6.45) is -3.01. The molecule has 0 aliphatic heterocycles. The molecular formula is C11H13F3N6O. The molecule has 0 aliphatic carbocycles. The summed E-state index contributed by atoms with van der Waals surface area (Å²) in [4.78, 5) is 10.7. The summed E-state index contributed by atoms with van der Waals surface area (Å²) >= 11 is 0. The van der Waals surface area contributed by atoms with Crippen molar-refractivity contribution < 1.29 is 17.7 Å². The monoisotopic (exact) mass is 302 g/mol. The Morgan fingerprint density at radius 2 is 1.90 bits per heavy atom. The van der Waals surface area contributed by atoms with Crippen molar-refractivity contribution in [1.29, 1.82) is 0 Å². The third-order valence-corrected chi connectivity index (χ3v) is 2.40. The number of aromatic nitrogens is 4. The molecule has 0 radical (unpaired) electrons. The van der Waals surface area contributed by atoms with Crippen molar-refractivity contribution in [3.63, 3.8) is 0 Å². The minimum atomic E-state index is -4.60. The van der Waals surface area contributed by atoms with Crippen LogP contribution in [-0.2, 0) is 12.6 Å². The van der Waals surface area contributed by atoms with Gasteiger partial charge in [0.1, 0.15) is 11.6 Å². The quantitative estimate of drug-likeness (QED) is 0.843. The van der Waals surface area contributed by atoms with E-state index in [9.17, 15) is 13.2 Å². The van der Waals surface area contributed by atoms with Gasteiger partial charge in [-0.25, -0.2) is 9.97 Å². The van der Waals surface area contributed by atoms with Crippen LogP contribution >= 0.6 is 0 Å². The second-order valence-electron chi connectivity index (χ2n) is 4.01. The predicted molar refractivity (Wildman–Crippen MR) is 67.7 cm³/mol. The van der Waals surface area contributed by atoms with Gasteiger partial charge in [0.25, 0.3) is 0 Å². The van der Waals surface area contributed by atoms with Crippen LogP contribution in [-0.4, -0.2) is 33.2 Å². The first-order valence-electron chi connectivity index (χ1n) is 6.18. The van der Waals surface area contributed by atoms with Crippen molar-refractivity contribution in [3.8, 4) is 0 Å². The molecule has 0 saturated heterocycles. The smallest absolute Gasteiger partial charge is 0.370 e. The molecule has 10 heteroatoms. The first kappa shape index (κ1) is 15.0. The van der Waals surface area contributed by atoms with Crippen molar-refractivity contribution in [2.45, 2.75) is 19.5 Å². The maximum atomic E-state index is 12.7. The van der Waals surface area contributed by atoms with Crippen LogP contribution in [0.25, 0.3) is 0 Å². The Bertz CT molecular complexity index is 572. The molecule has 0 saturated carbocycles. The van der Waals surface area contributed by atoms with Crippen LogP contribution in [0.4, 0.5) is 24.8 Å². The zero-order valence-corrected chi connectivity index (χ0v) is 11.1. The maximum Gasteiger partial charge on any atom is 0.451 e.